The van der Waals surface area contributed by atoms with E-state index < -0.39 is 0 Å². The van der Waals surface area contributed by atoms with Crippen molar-refractivity contribution in [2.45, 2.75) is 52.1 Å². The van der Waals surface area contributed by atoms with Crippen molar-refractivity contribution in [3.05, 3.63) is 11.5 Å². The molecule has 0 bridgehead atoms. The zero-order valence-corrected chi connectivity index (χ0v) is 14.0. The van der Waals surface area contributed by atoms with Crippen LogP contribution in [0.15, 0.2) is 0 Å². The lowest BCUT2D eigenvalue weighted by Crippen LogP contribution is -2.40. The molecule has 2 heterocycles. The summed E-state index contributed by atoms with van der Waals surface area (Å²) in [5, 5.41) is 7.32. The monoisotopic (exact) mass is 311 g/mol. The molecule has 1 amide bonds. The van der Waals surface area contributed by atoms with Crippen LogP contribution < -0.4 is 5.32 Å². The molecule has 1 N–H and O–H groups in total. The molecule has 0 saturated carbocycles. The maximum atomic E-state index is 12.0. The van der Waals surface area contributed by atoms with E-state index >= 15 is 0 Å². The van der Waals surface area contributed by atoms with E-state index in [0.29, 0.717) is 18.8 Å². The molecule has 0 aliphatic carbocycles. The Kier molecular flexibility index (Phi) is 4.27. The maximum Gasteiger partial charge on any atom is 0.222 e. The van der Waals surface area contributed by atoms with Crippen LogP contribution in [-0.2, 0) is 24.3 Å². The molecule has 0 fully saturated rings. The third-order valence-corrected chi connectivity index (χ3v) is 3.40. The second-order valence-corrected chi connectivity index (χ2v) is 6.51. The first kappa shape index (κ1) is 15.8. The Morgan fingerprint density at radius 2 is 2.05 bits per heavy atom. The number of amides is 1. The molecule has 0 atom stereocenters. The van der Waals surface area contributed by atoms with Gasteiger partial charge in [0.15, 0.2) is 5.65 Å². The average molecular weight is 312 g/mol. The lowest BCUT2D eigenvalue weighted by molar-refractivity contribution is -0.122. The lowest BCUT2D eigenvalue weighted by atomic mass is 10.1. The Labute approximate surface area is 129 Å². The highest BCUT2D eigenvalue weighted by Gasteiger charge is 2.18. The molecule has 0 aliphatic heterocycles. The van der Waals surface area contributed by atoms with E-state index in [0.717, 1.165) is 22.7 Å². The first-order valence-corrected chi connectivity index (χ1v) is 7.52. The first-order chi connectivity index (χ1) is 9.73. The van der Waals surface area contributed by atoms with Gasteiger partial charge in [0.2, 0.25) is 5.91 Å². The van der Waals surface area contributed by atoms with Crippen molar-refractivity contribution < 1.29 is 4.79 Å². The van der Waals surface area contributed by atoms with Crippen LogP contribution in [0.25, 0.3) is 11.2 Å². The maximum absolute atomic E-state index is 12.0. The number of nitrogens with one attached hydrogen (secondary N) is 1. The van der Waals surface area contributed by atoms with Gasteiger partial charge in [-0.2, -0.15) is 5.10 Å². The van der Waals surface area contributed by atoms with E-state index in [4.69, 9.17) is 11.6 Å². The van der Waals surface area contributed by atoms with Crippen LogP contribution in [0.1, 0.15) is 38.7 Å². The highest BCUT2D eigenvalue weighted by Crippen LogP contribution is 2.20. The minimum atomic E-state index is -0.222. The number of hydrogen-bond acceptors (Lipinski definition) is 3. The normalized spacial score (nSPS) is 12.1. The number of nitrogens with zero attached hydrogens (tertiary/aromatic N) is 4. The average Bonchev–Trinajstić information content (AvgIpc) is 2.84. The summed E-state index contributed by atoms with van der Waals surface area (Å²) in [6.45, 7) is 8.36. The van der Waals surface area contributed by atoms with Gasteiger partial charge in [-0.25, -0.2) is 4.98 Å². The fourth-order valence-corrected chi connectivity index (χ4v) is 2.61. The second-order valence-electron chi connectivity index (χ2n) is 6.24. The first-order valence-electron chi connectivity index (χ1n) is 6.98. The fourth-order valence-electron chi connectivity index (χ4n) is 2.41. The summed E-state index contributed by atoms with van der Waals surface area (Å²) >= 11 is 5.97. The summed E-state index contributed by atoms with van der Waals surface area (Å²) in [6, 6.07) is 0. The standard InChI is InChI=1S/C14H22ClN5O/c1-9-12-13(19(5)18-9)20(10(8-15)16-12)7-6-11(21)17-14(2,3)4/h6-8H2,1-5H3,(H,17,21). The molecule has 0 saturated heterocycles. The van der Waals surface area contributed by atoms with Gasteiger partial charge < -0.3 is 9.88 Å². The van der Waals surface area contributed by atoms with Gasteiger partial charge in [0.1, 0.15) is 11.3 Å². The van der Waals surface area contributed by atoms with Gasteiger partial charge >= 0.3 is 0 Å². The Morgan fingerprint density at radius 1 is 1.38 bits per heavy atom. The third kappa shape index (κ3) is 3.37. The van der Waals surface area contributed by atoms with Gasteiger partial charge in [0.05, 0.1) is 11.6 Å². The van der Waals surface area contributed by atoms with E-state index in [1.807, 2.05) is 39.3 Å². The molecule has 2 aromatic heterocycles. The number of fused-ring (bicyclic) bond motifs is 1. The van der Waals surface area contributed by atoms with Gasteiger partial charge in [-0.3, -0.25) is 9.48 Å². The number of aromatic nitrogens is 4. The number of aryl methyl sites for hydroxylation is 3. The summed E-state index contributed by atoms with van der Waals surface area (Å²) in [4.78, 5) is 16.5. The molecule has 0 aliphatic rings. The zero-order valence-electron chi connectivity index (χ0n) is 13.2. The number of carbonyl (C=O) groups excluding carboxylic acids is 1. The minimum Gasteiger partial charge on any atom is -0.351 e. The van der Waals surface area contributed by atoms with E-state index in [2.05, 4.69) is 15.4 Å². The van der Waals surface area contributed by atoms with Gasteiger partial charge in [0, 0.05) is 25.6 Å². The van der Waals surface area contributed by atoms with Crippen molar-refractivity contribution in [2.24, 2.45) is 7.05 Å². The Bertz CT molecular complexity index is 665. The SMILES string of the molecule is Cc1nn(C)c2c1nc(CCl)n2CCC(=O)NC(C)(C)C. The van der Waals surface area contributed by atoms with E-state index in [9.17, 15) is 4.79 Å². The third-order valence-electron chi connectivity index (χ3n) is 3.17. The molecule has 6 nitrogen and oxygen atoms in total. The largest absolute Gasteiger partial charge is 0.351 e. The quantitative estimate of drug-likeness (QED) is 0.880. The van der Waals surface area contributed by atoms with E-state index in [1.54, 1.807) is 4.68 Å². The molecule has 0 aromatic carbocycles. The number of halogens is 1. The molecule has 2 aromatic rings. The number of alkyl halides is 1. The second kappa shape index (κ2) is 5.67. The van der Waals surface area contributed by atoms with Crippen LogP contribution in [0, 0.1) is 6.92 Å². The molecule has 2 rings (SSSR count). The predicted molar refractivity (Wildman–Crippen MR) is 83.3 cm³/mol. The van der Waals surface area contributed by atoms with Crippen molar-refractivity contribution >= 4 is 28.7 Å². The molecular formula is C14H22ClN5O. The summed E-state index contributed by atoms with van der Waals surface area (Å²) in [7, 11) is 1.88. The smallest absolute Gasteiger partial charge is 0.222 e. The van der Waals surface area contributed by atoms with Gasteiger partial charge in [-0.15, -0.1) is 11.6 Å². The summed E-state index contributed by atoms with van der Waals surface area (Å²) < 4.78 is 3.76. The molecule has 0 spiro atoms. The van der Waals surface area contributed by atoms with Crippen LogP contribution in [-0.4, -0.2) is 30.8 Å². The molecular weight excluding hydrogens is 290 g/mol. The number of rotatable bonds is 4. The van der Waals surface area contributed by atoms with E-state index in [1.165, 1.54) is 0 Å². The van der Waals surface area contributed by atoms with Crippen LogP contribution in [0.4, 0.5) is 0 Å². The van der Waals surface area contributed by atoms with Crippen LogP contribution in [0.5, 0.6) is 0 Å². The lowest BCUT2D eigenvalue weighted by Gasteiger charge is -2.20. The molecule has 0 radical (unpaired) electrons. The van der Waals surface area contributed by atoms with Crippen molar-refractivity contribution in [1.29, 1.82) is 0 Å². The zero-order chi connectivity index (χ0) is 15.8. The fraction of sp³-hybridized carbons (Fsp3) is 0.643. The van der Waals surface area contributed by atoms with Gasteiger partial charge in [-0.05, 0) is 27.7 Å². The van der Waals surface area contributed by atoms with Crippen molar-refractivity contribution in [1.82, 2.24) is 24.6 Å². The molecule has 0 unspecified atom stereocenters. The minimum absolute atomic E-state index is 0.0174. The Hall–Kier alpha value is -1.56. The molecule has 21 heavy (non-hydrogen) atoms. The van der Waals surface area contributed by atoms with Crippen molar-refractivity contribution in [3.8, 4) is 0 Å². The highest BCUT2D eigenvalue weighted by molar-refractivity contribution is 6.16. The Balaban J connectivity index is 2.23. The van der Waals surface area contributed by atoms with Crippen LogP contribution >= 0.6 is 11.6 Å². The van der Waals surface area contributed by atoms with Crippen molar-refractivity contribution in [3.63, 3.8) is 0 Å². The van der Waals surface area contributed by atoms with Gasteiger partial charge in [-0.1, -0.05) is 0 Å². The summed E-state index contributed by atoms with van der Waals surface area (Å²) in [5.74, 6) is 1.10. The number of hydrogen-bond donors (Lipinski definition) is 1. The van der Waals surface area contributed by atoms with Crippen LogP contribution in [0.2, 0.25) is 0 Å². The highest BCUT2D eigenvalue weighted by atomic mass is 35.5. The molecule has 7 heteroatoms. The number of imidazole rings is 1. The summed E-state index contributed by atoms with van der Waals surface area (Å²) in [6.07, 6.45) is 0.386. The topological polar surface area (TPSA) is 64.7 Å². The Morgan fingerprint density at radius 3 is 2.62 bits per heavy atom. The summed E-state index contributed by atoms with van der Waals surface area (Å²) in [5.41, 5.74) is 2.41. The number of carbonyl (C=O) groups is 1. The van der Waals surface area contributed by atoms with Gasteiger partial charge in [0.25, 0.3) is 0 Å². The molecule has 116 valence electrons. The van der Waals surface area contributed by atoms with Crippen LogP contribution in [0.3, 0.4) is 0 Å². The predicted octanol–water partition coefficient (Wildman–Crippen LogP) is 2.12. The van der Waals surface area contributed by atoms with E-state index in [-0.39, 0.29) is 11.4 Å². The van der Waals surface area contributed by atoms with Crippen molar-refractivity contribution in [2.75, 3.05) is 0 Å².